The van der Waals surface area contributed by atoms with Crippen molar-refractivity contribution in [2.75, 3.05) is 18.5 Å². The highest BCUT2D eigenvalue weighted by Crippen LogP contribution is 2.55. The molecule has 4 fully saturated rings. The van der Waals surface area contributed by atoms with Gasteiger partial charge in [0.2, 0.25) is 17.7 Å². The number of hydrogen-bond acceptors (Lipinski definition) is 5. The van der Waals surface area contributed by atoms with Crippen LogP contribution >= 0.6 is 11.6 Å². The van der Waals surface area contributed by atoms with E-state index in [4.69, 9.17) is 21.1 Å². The van der Waals surface area contributed by atoms with Gasteiger partial charge in [0, 0.05) is 29.9 Å². The molecule has 3 saturated heterocycles. The van der Waals surface area contributed by atoms with Crippen LogP contribution in [-0.2, 0) is 23.9 Å². The van der Waals surface area contributed by atoms with E-state index in [1.54, 1.807) is 29.2 Å². The van der Waals surface area contributed by atoms with Gasteiger partial charge in [-0.25, -0.2) is 0 Å². The lowest BCUT2D eigenvalue weighted by Crippen LogP contribution is -2.57. The Labute approximate surface area is 215 Å². The van der Waals surface area contributed by atoms with Gasteiger partial charge in [-0.1, -0.05) is 43.0 Å². The predicted molar refractivity (Wildman–Crippen MR) is 133 cm³/mol. The standard InChI is InChI=1S/C27H32ClN3O5/c28-16-8-10-18(11-9-16)29-24(32)21-20-12-13-27(36-20)22(21)26(34)31(15-19-7-4-14-35-19)23(27)25(33)30-17-5-2-1-3-6-17/h8-13,17,19-23H,1-7,14-15H2,(H,29,32)(H,30,33)/t19-,20-,21+,22-,23+,27-/m1/s1. The Bertz CT molecular complexity index is 1070. The zero-order valence-electron chi connectivity index (χ0n) is 20.2. The number of carbonyl (C=O) groups excluding carboxylic acids is 3. The van der Waals surface area contributed by atoms with Gasteiger partial charge in [0.05, 0.1) is 24.0 Å². The minimum absolute atomic E-state index is 0.105. The van der Waals surface area contributed by atoms with Crippen molar-refractivity contribution in [2.45, 2.75) is 74.8 Å². The van der Waals surface area contributed by atoms with E-state index in [0.29, 0.717) is 23.9 Å². The van der Waals surface area contributed by atoms with E-state index in [9.17, 15) is 14.4 Å². The first kappa shape index (κ1) is 23.9. The van der Waals surface area contributed by atoms with Gasteiger partial charge < -0.3 is 25.0 Å². The molecule has 1 aromatic carbocycles. The van der Waals surface area contributed by atoms with Gasteiger partial charge in [-0.15, -0.1) is 0 Å². The third-order valence-electron chi connectivity index (χ3n) is 8.41. The molecule has 1 aromatic rings. The smallest absolute Gasteiger partial charge is 0.246 e. The third kappa shape index (κ3) is 4.03. The number of fused-ring (bicyclic) bond motifs is 1. The second-order valence-electron chi connectivity index (χ2n) is 10.7. The Kier molecular flexibility index (Phi) is 6.30. The molecule has 5 aliphatic rings. The summed E-state index contributed by atoms with van der Waals surface area (Å²) < 4.78 is 12.2. The Morgan fingerprint density at radius 1 is 1.06 bits per heavy atom. The lowest BCUT2D eigenvalue weighted by molar-refractivity contribution is -0.143. The van der Waals surface area contributed by atoms with E-state index >= 15 is 0 Å². The molecular formula is C27H32ClN3O5. The van der Waals surface area contributed by atoms with E-state index in [-0.39, 0.29) is 29.9 Å². The van der Waals surface area contributed by atoms with Crippen molar-refractivity contribution in [3.05, 3.63) is 41.4 Å². The van der Waals surface area contributed by atoms with Crippen molar-refractivity contribution in [3.8, 4) is 0 Å². The number of nitrogens with zero attached hydrogens (tertiary/aromatic N) is 1. The summed E-state index contributed by atoms with van der Waals surface area (Å²) in [5, 5.41) is 6.70. The zero-order valence-corrected chi connectivity index (χ0v) is 20.9. The molecular weight excluding hydrogens is 482 g/mol. The molecule has 2 N–H and O–H groups in total. The minimum atomic E-state index is -1.15. The SMILES string of the molecule is O=C(Nc1ccc(Cl)cc1)[C@H]1[C@H]2C=C[C@]3(O2)[C@H](C(=O)NC2CCCCC2)N(C[C@H]2CCCO2)C(=O)[C@@H]13. The minimum Gasteiger partial charge on any atom is -0.376 e. The van der Waals surface area contributed by atoms with E-state index in [1.807, 2.05) is 12.2 Å². The Morgan fingerprint density at radius 3 is 2.56 bits per heavy atom. The van der Waals surface area contributed by atoms with Crippen molar-refractivity contribution in [1.82, 2.24) is 10.2 Å². The van der Waals surface area contributed by atoms with Crippen molar-refractivity contribution < 1.29 is 23.9 Å². The molecule has 6 atom stereocenters. The first-order chi connectivity index (χ1) is 17.5. The van der Waals surface area contributed by atoms with Gasteiger partial charge in [-0.2, -0.15) is 0 Å². The Hall–Kier alpha value is -2.42. The van der Waals surface area contributed by atoms with Gasteiger partial charge >= 0.3 is 0 Å². The molecule has 1 aliphatic carbocycles. The molecule has 0 radical (unpaired) electrons. The fraction of sp³-hybridized carbons (Fsp3) is 0.593. The van der Waals surface area contributed by atoms with E-state index in [1.165, 1.54) is 6.42 Å². The van der Waals surface area contributed by atoms with Crippen LogP contribution in [0.2, 0.25) is 5.02 Å². The monoisotopic (exact) mass is 513 g/mol. The maximum absolute atomic E-state index is 14.0. The molecule has 36 heavy (non-hydrogen) atoms. The summed E-state index contributed by atoms with van der Waals surface area (Å²) in [6.07, 6.45) is 10.1. The fourth-order valence-electron chi connectivity index (χ4n) is 6.76. The van der Waals surface area contributed by atoms with Gasteiger partial charge in [0.1, 0.15) is 11.6 Å². The fourth-order valence-corrected chi connectivity index (χ4v) is 6.88. The number of amides is 3. The lowest BCUT2D eigenvalue weighted by atomic mass is 9.74. The third-order valence-corrected chi connectivity index (χ3v) is 8.66. The number of ether oxygens (including phenoxy) is 2. The molecule has 4 aliphatic heterocycles. The lowest BCUT2D eigenvalue weighted by Gasteiger charge is -2.34. The Morgan fingerprint density at radius 2 is 1.83 bits per heavy atom. The van der Waals surface area contributed by atoms with Crippen molar-refractivity contribution in [3.63, 3.8) is 0 Å². The van der Waals surface area contributed by atoms with Crippen LogP contribution < -0.4 is 10.6 Å². The first-order valence-corrected chi connectivity index (χ1v) is 13.5. The van der Waals surface area contributed by atoms with Gasteiger partial charge in [-0.3, -0.25) is 14.4 Å². The summed E-state index contributed by atoms with van der Waals surface area (Å²) in [4.78, 5) is 42.8. The molecule has 1 spiro atoms. The molecule has 9 heteroatoms. The number of anilines is 1. The summed E-state index contributed by atoms with van der Waals surface area (Å²) in [6.45, 7) is 0.984. The number of halogens is 1. The van der Waals surface area contributed by atoms with E-state index in [2.05, 4.69) is 10.6 Å². The van der Waals surface area contributed by atoms with Crippen LogP contribution in [0.1, 0.15) is 44.9 Å². The number of rotatable bonds is 6. The average molecular weight is 514 g/mol. The second kappa shape index (κ2) is 9.47. The van der Waals surface area contributed by atoms with E-state index in [0.717, 1.165) is 38.5 Å². The molecule has 1 saturated carbocycles. The predicted octanol–water partition coefficient (Wildman–Crippen LogP) is 3.06. The number of benzene rings is 1. The van der Waals surface area contributed by atoms with Crippen LogP contribution in [0.3, 0.4) is 0 Å². The van der Waals surface area contributed by atoms with Crippen molar-refractivity contribution in [1.29, 1.82) is 0 Å². The molecule has 4 heterocycles. The summed E-state index contributed by atoms with van der Waals surface area (Å²) in [5.74, 6) is -2.18. The maximum atomic E-state index is 14.0. The van der Waals surface area contributed by atoms with Gasteiger partial charge in [0.25, 0.3) is 0 Å². The number of likely N-dealkylation sites (tertiary alicyclic amines) is 1. The first-order valence-electron chi connectivity index (χ1n) is 13.1. The molecule has 6 rings (SSSR count). The molecule has 3 amide bonds. The van der Waals surface area contributed by atoms with Crippen LogP contribution in [0.5, 0.6) is 0 Å². The van der Waals surface area contributed by atoms with Crippen LogP contribution in [-0.4, -0.2) is 65.7 Å². The van der Waals surface area contributed by atoms with Crippen LogP contribution in [0.4, 0.5) is 5.69 Å². The quantitative estimate of drug-likeness (QED) is 0.570. The topological polar surface area (TPSA) is 97.0 Å². The number of nitrogens with one attached hydrogen (secondary N) is 2. The highest BCUT2D eigenvalue weighted by atomic mass is 35.5. The molecule has 192 valence electrons. The summed E-state index contributed by atoms with van der Waals surface area (Å²) in [6, 6.07) is 6.13. The highest BCUT2D eigenvalue weighted by Gasteiger charge is 2.73. The van der Waals surface area contributed by atoms with E-state index < -0.39 is 29.6 Å². The molecule has 0 unspecified atom stereocenters. The number of hydrogen-bond donors (Lipinski definition) is 2. The highest BCUT2D eigenvalue weighted by molar-refractivity contribution is 6.30. The summed E-state index contributed by atoms with van der Waals surface area (Å²) >= 11 is 5.98. The summed E-state index contributed by atoms with van der Waals surface area (Å²) in [5.41, 5.74) is -0.556. The largest absolute Gasteiger partial charge is 0.376 e. The van der Waals surface area contributed by atoms with Crippen molar-refractivity contribution in [2.24, 2.45) is 11.8 Å². The summed E-state index contributed by atoms with van der Waals surface area (Å²) in [7, 11) is 0. The zero-order chi connectivity index (χ0) is 24.9. The van der Waals surface area contributed by atoms with Gasteiger partial charge in [-0.05, 0) is 49.9 Å². The normalized spacial score (nSPS) is 35.3. The van der Waals surface area contributed by atoms with Crippen LogP contribution in [0, 0.1) is 11.8 Å². The van der Waals surface area contributed by atoms with Gasteiger partial charge in [0.15, 0.2) is 0 Å². The molecule has 2 bridgehead atoms. The average Bonchev–Trinajstić information content (AvgIpc) is 3.64. The van der Waals surface area contributed by atoms with Crippen molar-refractivity contribution >= 4 is 35.0 Å². The number of carbonyl (C=O) groups is 3. The van der Waals surface area contributed by atoms with Crippen LogP contribution in [0.15, 0.2) is 36.4 Å². The maximum Gasteiger partial charge on any atom is 0.246 e. The molecule has 8 nitrogen and oxygen atoms in total. The molecule has 0 aromatic heterocycles. The Balaban J connectivity index is 1.29. The van der Waals surface area contributed by atoms with Crippen LogP contribution in [0.25, 0.3) is 0 Å². The second-order valence-corrected chi connectivity index (χ2v) is 11.1.